The van der Waals surface area contributed by atoms with E-state index >= 15 is 0 Å². The highest BCUT2D eigenvalue weighted by Gasteiger charge is 2.27. The molecule has 0 bridgehead atoms. The third kappa shape index (κ3) is 42.6. The summed E-state index contributed by atoms with van der Waals surface area (Å²) in [4.78, 5) is 35.1. The Kier molecular flexibility index (Phi) is 42.4. The van der Waals surface area contributed by atoms with E-state index in [-0.39, 0.29) is 19.4 Å². The van der Waals surface area contributed by atoms with E-state index in [1.165, 1.54) is 128 Å². The molecule has 58 heavy (non-hydrogen) atoms. The molecular weight excluding hydrogens is 755 g/mol. The van der Waals surface area contributed by atoms with Crippen LogP contribution >= 0.6 is 7.82 Å². The van der Waals surface area contributed by atoms with Gasteiger partial charge in [0, 0.05) is 12.8 Å². The van der Waals surface area contributed by atoms with Gasteiger partial charge in [0.1, 0.15) is 12.7 Å². The number of ether oxygens (including phenoxy) is 2. The molecule has 0 aromatic rings. The Bertz CT molecular complexity index is 1020. The van der Waals surface area contributed by atoms with Crippen LogP contribution in [0.4, 0.5) is 0 Å². The van der Waals surface area contributed by atoms with Gasteiger partial charge in [0.2, 0.25) is 0 Å². The van der Waals surface area contributed by atoms with Gasteiger partial charge in [0.25, 0.3) is 0 Å². The minimum Gasteiger partial charge on any atom is -0.462 e. The lowest BCUT2D eigenvalue weighted by Crippen LogP contribution is -2.29. The first kappa shape index (κ1) is 56.5. The van der Waals surface area contributed by atoms with Crippen LogP contribution in [0.1, 0.15) is 226 Å². The molecule has 342 valence electrons. The molecule has 1 unspecified atom stereocenters. The van der Waals surface area contributed by atoms with Crippen LogP contribution in [0.25, 0.3) is 0 Å². The molecule has 0 heterocycles. The molecule has 3 N–H and O–H groups in total. The van der Waals surface area contributed by atoms with Crippen LogP contribution in [-0.4, -0.2) is 65.7 Å². The first-order valence-electron chi connectivity index (χ1n) is 23.8. The summed E-state index contributed by atoms with van der Waals surface area (Å²) in [7, 11) is -4.62. The Morgan fingerprint density at radius 3 is 1.31 bits per heavy atom. The second-order valence-electron chi connectivity index (χ2n) is 16.2. The Morgan fingerprint density at radius 1 is 0.517 bits per heavy atom. The minimum absolute atomic E-state index is 0.169. The van der Waals surface area contributed by atoms with Gasteiger partial charge >= 0.3 is 19.8 Å². The number of hydrogen-bond acceptors (Lipinski definition) is 9. The number of unbranched alkanes of at least 4 members (excludes halogenated alkanes) is 28. The molecule has 0 aliphatic rings. The van der Waals surface area contributed by atoms with Gasteiger partial charge in [-0.1, -0.05) is 199 Å². The maximum Gasteiger partial charge on any atom is 0.472 e. The number of rotatable bonds is 45. The molecular formula is C47H89O10P. The molecule has 0 saturated heterocycles. The second kappa shape index (κ2) is 43.5. The quantitative estimate of drug-likeness (QED) is 0.0234. The summed E-state index contributed by atoms with van der Waals surface area (Å²) in [5, 5.41) is 18.4. The lowest BCUT2D eigenvalue weighted by molar-refractivity contribution is -0.161. The van der Waals surface area contributed by atoms with E-state index in [1.807, 2.05) is 0 Å². The number of carbonyl (C=O) groups excluding carboxylic acids is 2. The highest BCUT2D eigenvalue weighted by molar-refractivity contribution is 7.47. The third-order valence-electron chi connectivity index (χ3n) is 10.4. The largest absolute Gasteiger partial charge is 0.472 e. The van der Waals surface area contributed by atoms with Crippen LogP contribution in [0.3, 0.4) is 0 Å². The zero-order chi connectivity index (χ0) is 42.6. The van der Waals surface area contributed by atoms with Crippen molar-refractivity contribution < 1.29 is 47.8 Å². The van der Waals surface area contributed by atoms with Crippen molar-refractivity contribution in [1.29, 1.82) is 0 Å². The Labute approximate surface area is 355 Å². The number of esters is 2. The summed E-state index contributed by atoms with van der Waals surface area (Å²) in [6.45, 7) is 2.38. The highest BCUT2D eigenvalue weighted by atomic mass is 31.2. The van der Waals surface area contributed by atoms with E-state index in [0.717, 1.165) is 57.8 Å². The first-order chi connectivity index (χ1) is 28.2. The second-order valence-corrected chi connectivity index (χ2v) is 17.6. The van der Waals surface area contributed by atoms with E-state index < -0.39 is 51.8 Å². The maximum atomic E-state index is 12.6. The van der Waals surface area contributed by atoms with E-state index in [2.05, 4.69) is 38.2 Å². The van der Waals surface area contributed by atoms with Gasteiger partial charge in [0.05, 0.1) is 19.8 Å². The van der Waals surface area contributed by atoms with Crippen molar-refractivity contribution in [3.05, 3.63) is 24.3 Å². The van der Waals surface area contributed by atoms with Gasteiger partial charge in [-0.25, -0.2) is 4.57 Å². The molecule has 0 aliphatic heterocycles. The number of phosphoric ester groups is 1. The van der Waals surface area contributed by atoms with Crippen LogP contribution in [0, 0.1) is 0 Å². The monoisotopic (exact) mass is 845 g/mol. The molecule has 0 radical (unpaired) electrons. The van der Waals surface area contributed by atoms with Crippen LogP contribution in [-0.2, 0) is 32.7 Å². The Hall–Kier alpha value is -1.55. The van der Waals surface area contributed by atoms with E-state index in [0.29, 0.717) is 12.8 Å². The maximum absolute atomic E-state index is 12.6. The molecule has 0 aromatic heterocycles. The van der Waals surface area contributed by atoms with Crippen LogP contribution in [0.2, 0.25) is 0 Å². The van der Waals surface area contributed by atoms with Crippen molar-refractivity contribution in [1.82, 2.24) is 0 Å². The molecule has 0 aliphatic carbocycles. The van der Waals surface area contributed by atoms with Gasteiger partial charge in [-0.15, -0.1) is 0 Å². The van der Waals surface area contributed by atoms with Crippen molar-refractivity contribution in [2.75, 3.05) is 26.4 Å². The summed E-state index contributed by atoms with van der Waals surface area (Å²) in [6.07, 6.45) is 44.3. The molecule has 0 rings (SSSR count). The predicted molar refractivity (Wildman–Crippen MR) is 238 cm³/mol. The fourth-order valence-corrected chi connectivity index (χ4v) is 7.48. The zero-order valence-electron chi connectivity index (χ0n) is 37.3. The van der Waals surface area contributed by atoms with Crippen LogP contribution in [0.15, 0.2) is 24.3 Å². The molecule has 0 fully saturated rings. The number of phosphoric acid groups is 1. The fraction of sp³-hybridized carbons (Fsp3) is 0.872. The van der Waals surface area contributed by atoms with Crippen LogP contribution in [0.5, 0.6) is 0 Å². The summed E-state index contributed by atoms with van der Waals surface area (Å²) in [6, 6.07) is 0. The molecule has 3 atom stereocenters. The minimum atomic E-state index is -4.62. The number of hydrogen-bond donors (Lipinski definition) is 3. The van der Waals surface area contributed by atoms with Gasteiger partial charge in [-0.05, 0) is 38.5 Å². The number of allylic oxidation sites excluding steroid dienone is 4. The fourth-order valence-electron chi connectivity index (χ4n) is 6.69. The summed E-state index contributed by atoms with van der Waals surface area (Å²) in [5.74, 6) is -0.932. The van der Waals surface area contributed by atoms with E-state index in [9.17, 15) is 24.2 Å². The van der Waals surface area contributed by atoms with Gasteiger partial charge < -0.3 is 24.6 Å². The number of aliphatic hydroxyl groups excluding tert-OH is 2. The van der Waals surface area contributed by atoms with Crippen molar-refractivity contribution >= 4 is 19.8 Å². The van der Waals surface area contributed by atoms with Gasteiger partial charge in [0.15, 0.2) is 6.10 Å². The predicted octanol–water partition coefficient (Wildman–Crippen LogP) is 13.0. The zero-order valence-corrected chi connectivity index (χ0v) is 38.2. The first-order valence-corrected chi connectivity index (χ1v) is 25.3. The molecule has 11 heteroatoms. The molecule has 0 aromatic carbocycles. The lowest BCUT2D eigenvalue weighted by Gasteiger charge is -2.20. The summed E-state index contributed by atoms with van der Waals surface area (Å²) in [5.41, 5.74) is 0. The van der Waals surface area contributed by atoms with Crippen molar-refractivity contribution in [2.45, 2.75) is 238 Å². The van der Waals surface area contributed by atoms with Crippen LogP contribution < -0.4 is 0 Å². The molecule has 0 spiro atoms. The summed E-state index contributed by atoms with van der Waals surface area (Å²) >= 11 is 0. The average molecular weight is 845 g/mol. The standard InChI is InChI=1S/C47H89O10P/c1-3-5-7-9-11-13-15-17-19-20-21-22-23-25-26-28-30-32-34-36-38-46(50)54-42-45(43-56-58(52,53)55-41-44(49)40-48)57-47(51)39-37-35-33-31-29-27-24-18-16-14-12-10-8-6-4-2/h14,16,18,24,44-45,48-49H,3-13,15,17,19-23,25-43H2,1-2H3,(H,52,53)/b16-14+,24-18+/t44-,45-/m1/s1. The van der Waals surface area contributed by atoms with E-state index in [4.69, 9.17) is 23.6 Å². The number of carbonyl (C=O) groups is 2. The van der Waals surface area contributed by atoms with Gasteiger partial charge in [-0.3, -0.25) is 18.6 Å². The Balaban J connectivity index is 4.20. The average Bonchev–Trinajstić information content (AvgIpc) is 3.21. The molecule has 0 amide bonds. The topological polar surface area (TPSA) is 149 Å². The summed E-state index contributed by atoms with van der Waals surface area (Å²) < 4.78 is 32.8. The Morgan fingerprint density at radius 2 is 0.879 bits per heavy atom. The third-order valence-corrected chi connectivity index (χ3v) is 11.3. The van der Waals surface area contributed by atoms with Crippen molar-refractivity contribution in [3.8, 4) is 0 Å². The SMILES string of the molecule is CCCCCC/C=C/C=C/CCCCCCCC(=O)O[C@H](COC(=O)CCCCCCCCCCCCCCCCCCCCCC)COP(=O)(O)OC[C@H](O)CO. The number of aliphatic hydroxyl groups is 2. The molecule has 0 saturated carbocycles. The lowest BCUT2D eigenvalue weighted by atomic mass is 10.0. The molecule has 10 nitrogen and oxygen atoms in total. The van der Waals surface area contributed by atoms with Gasteiger partial charge in [-0.2, -0.15) is 0 Å². The normalized spacial score (nSPS) is 13.9. The smallest absolute Gasteiger partial charge is 0.462 e. The van der Waals surface area contributed by atoms with Crippen molar-refractivity contribution in [3.63, 3.8) is 0 Å². The highest BCUT2D eigenvalue weighted by Crippen LogP contribution is 2.43. The van der Waals surface area contributed by atoms with E-state index in [1.54, 1.807) is 0 Å². The van der Waals surface area contributed by atoms with Crippen molar-refractivity contribution in [2.24, 2.45) is 0 Å².